The van der Waals surface area contributed by atoms with Gasteiger partial charge in [-0.1, -0.05) is 19.1 Å². The van der Waals surface area contributed by atoms with Gasteiger partial charge in [0, 0.05) is 18.8 Å². The van der Waals surface area contributed by atoms with Crippen molar-refractivity contribution in [2.45, 2.75) is 25.8 Å². The highest BCUT2D eigenvalue weighted by molar-refractivity contribution is 6.04. The van der Waals surface area contributed by atoms with Gasteiger partial charge in [-0.25, -0.2) is 0 Å². The molecule has 3 rings (SSSR count). The van der Waals surface area contributed by atoms with Crippen LogP contribution in [0.25, 0.3) is 0 Å². The molecule has 142 valence electrons. The number of carbonyl (C=O) groups excluding carboxylic acids is 2. The lowest BCUT2D eigenvalue weighted by Crippen LogP contribution is -2.40. The number of nitrogens with zero attached hydrogens (tertiary/aromatic N) is 2. The first-order valence-electron chi connectivity index (χ1n) is 9.22. The number of benzene rings is 1. The van der Waals surface area contributed by atoms with Crippen molar-refractivity contribution in [3.63, 3.8) is 0 Å². The third-order valence-electron chi connectivity index (χ3n) is 4.87. The summed E-state index contributed by atoms with van der Waals surface area (Å²) in [6.45, 7) is 4.85. The topological polar surface area (TPSA) is 100 Å². The molecule has 1 aromatic carbocycles. The molecule has 1 saturated heterocycles. The maximum absolute atomic E-state index is 12.3. The Balaban J connectivity index is 1.57. The van der Waals surface area contributed by atoms with Crippen molar-refractivity contribution in [2.24, 2.45) is 0 Å². The maximum atomic E-state index is 12.3. The molecular weight excluding hydrogens is 342 g/mol. The second-order valence-electron chi connectivity index (χ2n) is 6.61. The largest absolute Gasteiger partial charge is 0.397 e. The molecule has 0 spiro atoms. The van der Waals surface area contributed by atoms with Crippen LogP contribution in [0.1, 0.15) is 40.6 Å². The third kappa shape index (κ3) is 4.62. The molecule has 0 bridgehead atoms. The number of hydrogen-bond donors (Lipinski definition) is 3. The van der Waals surface area contributed by atoms with Crippen LogP contribution >= 0.6 is 0 Å². The van der Waals surface area contributed by atoms with Crippen molar-refractivity contribution < 1.29 is 9.59 Å². The number of likely N-dealkylation sites (tertiary alicyclic amines) is 1. The number of nitrogen functional groups attached to an aromatic ring is 1. The molecule has 1 unspecified atom stereocenters. The number of carbonyl (C=O) groups is 2. The molecule has 4 N–H and O–H groups in total. The quantitative estimate of drug-likeness (QED) is 0.679. The molecule has 27 heavy (non-hydrogen) atoms. The van der Waals surface area contributed by atoms with Crippen LogP contribution in [0.3, 0.4) is 0 Å². The van der Waals surface area contributed by atoms with Gasteiger partial charge in [-0.15, -0.1) is 0 Å². The van der Waals surface area contributed by atoms with Crippen LogP contribution < -0.4 is 16.4 Å². The first kappa shape index (κ1) is 18.8. The minimum atomic E-state index is -0.371. The number of pyridine rings is 1. The number of aromatic nitrogens is 1. The fraction of sp³-hybridized carbons (Fsp3) is 0.350. The fourth-order valence-electron chi connectivity index (χ4n) is 3.31. The molecule has 2 amide bonds. The van der Waals surface area contributed by atoms with E-state index in [1.165, 1.54) is 18.7 Å². The summed E-state index contributed by atoms with van der Waals surface area (Å²) in [5.74, 6) is -0.547. The third-order valence-corrected chi connectivity index (χ3v) is 4.87. The minimum absolute atomic E-state index is 0.176. The first-order chi connectivity index (χ1) is 13.1. The van der Waals surface area contributed by atoms with Gasteiger partial charge in [0.15, 0.2) is 0 Å². The van der Waals surface area contributed by atoms with Gasteiger partial charge in [0.25, 0.3) is 11.8 Å². The van der Waals surface area contributed by atoms with Crippen LogP contribution in [0.2, 0.25) is 0 Å². The lowest BCUT2D eigenvalue weighted by molar-refractivity contribution is 0.0939. The van der Waals surface area contributed by atoms with E-state index in [4.69, 9.17) is 5.73 Å². The summed E-state index contributed by atoms with van der Waals surface area (Å²) >= 11 is 0. The molecule has 7 nitrogen and oxygen atoms in total. The highest BCUT2D eigenvalue weighted by Crippen LogP contribution is 2.18. The number of hydrogen-bond acceptors (Lipinski definition) is 5. The lowest BCUT2D eigenvalue weighted by Gasteiger charge is -2.22. The van der Waals surface area contributed by atoms with Gasteiger partial charge in [-0.3, -0.25) is 19.5 Å². The Hall–Kier alpha value is -2.93. The Morgan fingerprint density at radius 1 is 1.22 bits per heavy atom. The first-order valence-corrected chi connectivity index (χ1v) is 9.22. The highest BCUT2D eigenvalue weighted by Gasteiger charge is 2.23. The van der Waals surface area contributed by atoms with Gasteiger partial charge < -0.3 is 16.4 Å². The molecule has 1 atom stereocenters. The van der Waals surface area contributed by atoms with Gasteiger partial charge in [-0.05, 0) is 50.2 Å². The van der Waals surface area contributed by atoms with Crippen LogP contribution in [0, 0.1) is 0 Å². The lowest BCUT2D eigenvalue weighted by atomic mass is 10.2. The second-order valence-corrected chi connectivity index (χ2v) is 6.61. The molecular formula is C20H25N5O2. The van der Waals surface area contributed by atoms with E-state index in [1.54, 1.807) is 30.3 Å². The summed E-state index contributed by atoms with van der Waals surface area (Å²) in [5.41, 5.74) is 7.50. The van der Waals surface area contributed by atoms with Crippen molar-refractivity contribution in [3.05, 3.63) is 53.9 Å². The summed E-state index contributed by atoms with van der Waals surface area (Å²) in [6, 6.07) is 10.6. The minimum Gasteiger partial charge on any atom is -0.397 e. The number of nitrogens with two attached hydrogens (primary N) is 1. The van der Waals surface area contributed by atoms with Crippen LogP contribution in [0.5, 0.6) is 0 Å². The summed E-state index contributed by atoms with van der Waals surface area (Å²) in [5, 5.41) is 5.68. The number of rotatable bonds is 6. The van der Waals surface area contributed by atoms with Gasteiger partial charge >= 0.3 is 0 Å². The van der Waals surface area contributed by atoms with Crippen molar-refractivity contribution in [2.75, 3.05) is 30.7 Å². The Morgan fingerprint density at radius 3 is 2.74 bits per heavy atom. The van der Waals surface area contributed by atoms with E-state index in [1.807, 2.05) is 0 Å². The number of anilines is 2. The Bertz CT molecular complexity index is 806. The van der Waals surface area contributed by atoms with E-state index in [2.05, 4.69) is 27.4 Å². The summed E-state index contributed by atoms with van der Waals surface area (Å²) in [4.78, 5) is 31.1. The molecule has 1 aliphatic rings. The zero-order valence-corrected chi connectivity index (χ0v) is 15.4. The van der Waals surface area contributed by atoms with Crippen molar-refractivity contribution >= 4 is 23.2 Å². The number of para-hydroxylation sites is 2. The van der Waals surface area contributed by atoms with E-state index < -0.39 is 0 Å². The van der Waals surface area contributed by atoms with Crippen molar-refractivity contribution in [1.29, 1.82) is 0 Å². The molecule has 7 heteroatoms. The SMILES string of the molecule is CCN1CCCC1CNC(=O)c1ccc(C(=O)Nc2ccccc2N)nc1. The molecule has 0 saturated carbocycles. The van der Waals surface area contributed by atoms with Gasteiger partial charge in [0.05, 0.1) is 16.9 Å². The zero-order valence-electron chi connectivity index (χ0n) is 15.4. The average molecular weight is 367 g/mol. The summed E-state index contributed by atoms with van der Waals surface area (Å²) < 4.78 is 0. The monoisotopic (exact) mass is 367 g/mol. The maximum Gasteiger partial charge on any atom is 0.274 e. The van der Waals surface area contributed by atoms with Crippen LogP contribution in [0.15, 0.2) is 42.6 Å². The van der Waals surface area contributed by atoms with Crippen molar-refractivity contribution in [1.82, 2.24) is 15.2 Å². The second kappa shape index (κ2) is 8.64. The van der Waals surface area contributed by atoms with E-state index >= 15 is 0 Å². The zero-order chi connectivity index (χ0) is 19.2. The number of likely N-dealkylation sites (N-methyl/N-ethyl adjacent to an activating group) is 1. The molecule has 2 heterocycles. The summed E-state index contributed by atoms with van der Waals surface area (Å²) in [6.07, 6.45) is 3.70. The molecule has 0 aliphatic carbocycles. The number of nitrogens with one attached hydrogen (secondary N) is 2. The Labute approximate surface area is 159 Å². The van der Waals surface area contributed by atoms with Gasteiger partial charge in [0.1, 0.15) is 5.69 Å². The molecule has 1 fully saturated rings. The van der Waals surface area contributed by atoms with E-state index in [0.717, 1.165) is 19.5 Å². The predicted octanol–water partition coefficient (Wildman–Crippen LogP) is 2.13. The van der Waals surface area contributed by atoms with E-state index in [9.17, 15) is 9.59 Å². The average Bonchev–Trinajstić information content (AvgIpc) is 3.15. The van der Waals surface area contributed by atoms with Gasteiger partial charge in [-0.2, -0.15) is 0 Å². The number of amides is 2. The smallest absolute Gasteiger partial charge is 0.274 e. The predicted molar refractivity (Wildman–Crippen MR) is 106 cm³/mol. The van der Waals surface area contributed by atoms with Crippen LogP contribution in [0.4, 0.5) is 11.4 Å². The molecule has 1 aromatic heterocycles. The Morgan fingerprint density at radius 2 is 2.04 bits per heavy atom. The normalized spacial score (nSPS) is 16.9. The molecule has 0 radical (unpaired) electrons. The Kier molecular flexibility index (Phi) is 6.03. The van der Waals surface area contributed by atoms with Crippen LogP contribution in [-0.2, 0) is 0 Å². The van der Waals surface area contributed by atoms with Crippen LogP contribution in [-0.4, -0.2) is 47.4 Å². The van der Waals surface area contributed by atoms with E-state index in [-0.39, 0.29) is 17.5 Å². The molecule has 1 aliphatic heterocycles. The fourth-order valence-corrected chi connectivity index (χ4v) is 3.31. The standard InChI is InChI=1S/C20H25N5O2/c1-2-25-11-5-6-15(25)13-23-19(26)14-9-10-18(22-12-14)20(27)24-17-8-4-3-7-16(17)21/h3-4,7-10,12,15H,2,5-6,11,13,21H2,1H3,(H,23,26)(H,24,27). The van der Waals surface area contributed by atoms with Gasteiger partial charge in [0.2, 0.25) is 0 Å². The van der Waals surface area contributed by atoms with E-state index in [0.29, 0.717) is 29.5 Å². The summed E-state index contributed by atoms with van der Waals surface area (Å²) in [7, 11) is 0. The molecule has 2 aromatic rings. The van der Waals surface area contributed by atoms with Crippen molar-refractivity contribution in [3.8, 4) is 0 Å². The highest BCUT2D eigenvalue weighted by atomic mass is 16.2.